The highest BCUT2D eigenvalue weighted by Gasteiger charge is 2.38. The van der Waals surface area contributed by atoms with Crippen LogP contribution in [0.3, 0.4) is 0 Å². The number of halogens is 1. The summed E-state index contributed by atoms with van der Waals surface area (Å²) >= 11 is 0. The Morgan fingerprint density at radius 2 is 1.95 bits per heavy atom. The summed E-state index contributed by atoms with van der Waals surface area (Å²) in [5.74, 6) is -0.463. The summed E-state index contributed by atoms with van der Waals surface area (Å²) in [4.78, 5) is 0. The van der Waals surface area contributed by atoms with E-state index in [1.165, 1.54) is 28.6 Å². The van der Waals surface area contributed by atoms with Crippen molar-refractivity contribution in [3.8, 4) is 0 Å². The molecule has 0 amide bonds. The Hall–Kier alpha value is -0.980. The second kappa shape index (κ2) is 5.42. The van der Waals surface area contributed by atoms with E-state index in [0.717, 1.165) is 0 Å². The van der Waals surface area contributed by atoms with E-state index in [2.05, 4.69) is 0 Å². The van der Waals surface area contributed by atoms with Gasteiger partial charge in [0.1, 0.15) is 5.82 Å². The molecule has 1 unspecified atom stereocenters. The molecule has 112 valence electrons. The first-order valence-electron chi connectivity index (χ1n) is 6.68. The van der Waals surface area contributed by atoms with E-state index in [0.29, 0.717) is 25.1 Å². The Labute approximate surface area is 119 Å². The number of nitrogens with zero attached hydrogens (tertiary/aromatic N) is 1. The van der Waals surface area contributed by atoms with Crippen LogP contribution in [0.5, 0.6) is 0 Å². The van der Waals surface area contributed by atoms with E-state index >= 15 is 0 Å². The van der Waals surface area contributed by atoms with Crippen LogP contribution in [0.2, 0.25) is 0 Å². The van der Waals surface area contributed by atoms with E-state index in [-0.39, 0.29) is 23.0 Å². The van der Waals surface area contributed by atoms with E-state index in [4.69, 9.17) is 5.73 Å². The van der Waals surface area contributed by atoms with Crippen LogP contribution in [-0.2, 0) is 15.8 Å². The van der Waals surface area contributed by atoms with Crippen molar-refractivity contribution < 1.29 is 12.8 Å². The summed E-state index contributed by atoms with van der Waals surface area (Å²) < 4.78 is 39.2. The van der Waals surface area contributed by atoms with Crippen LogP contribution in [0.1, 0.15) is 25.8 Å². The first kappa shape index (κ1) is 15.4. The van der Waals surface area contributed by atoms with Crippen molar-refractivity contribution in [1.82, 2.24) is 4.31 Å². The van der Waals surface area contributed by atoms with Gasteiger partial charge < -0.3 is 5.73 Å². The quantitative estimate of drug-likeness (QED) is 0.924. The van der Waals surface area contributed by atoms with Gasteiger partial charge in [-0.25, -0.2) is 17.1 Å². The van der Waals surface area contributed by atoms with Crippen LogP contribution in [0, 0.1) is 11.2 Å². The molecule has 0 aromatic heterocycles. The molecule has 1 aliphatic rings. The Morgan fingerprint density at radius 1 is 1.35 bits per heavy atom. The van der Waals surface area contributed by atoms with Gasteiger partial charge in [0, 0.05) is 19.1 Å². The van der Waals surface area contributed by atoms with Crippen molar-refractivity contribution >= 4 is 10.0 Å². The van der Waals surface area contributed by atoms with Crippen molar-refractivity contribution in [3.63, 3.8) is 0 Å². The number of benzene rings is 1. The Balaban J connectivity index is 2.13. The van der Waals surface area contributed by atoms with Crippen molar-refractivity contribution in [3.05, 3.63) is 35.6 Å². The summed E-state index contributed by atoms with van der Waals surface area (Å²) in [5.41, 5.74) is 6.39. The molecule has 0 spiro atoms. The van der Waals surface area contributed by atoms with Gasteiger partial charge >= 0.3 is 0 Å². The molecule has 0 aliphatic carbocycles. The molecule has 1 aliphatic heterocycles. The summed E-state index contributed by atoms with van der Waals surface area (Å²) in [6.07, 6.45) is 0.662. The third-order valence-electron chi connectivity index (χ3n) is 3.93. The van der Waals surface area contributed by atoms with E-state index < -0.39 is 10.0 Å². The van der Waals surface area contributed by atoms with E-state index in [1.54, 1.807) is 0 Å². The number of hydrogen-bond acceptors (Lipinski definition) is 3. The minimum Gasteiger partial charge on any atom is -0.327 e. The standard InChI is InChI=1S/C14H21FN2O2S/c1-14(2)10-17(8-7-13(14)16)20(18,19)9-11-3-5-12(15)6-4-11/h3-6,13H,7-10,16H2,1-2H3. The van der Waals surface area contributed by atoms with Crippen LogP contribution < -0.4 is 5.73 Å². The average molecular weight is 300 g/mol. The SMILES string of the molecule is CC1(C)CN(S(=O)(=O)Cc2ccc(F)cc2)CCC1N. The normalized spacial score (nSPS) is 23.7. The van der Waals surface area contributed by atoms with Crippen molar-refractivity contribution in [2.24, 2.45) is 11.1 Å². The van der Waals surface area contributed by atoms with E-state index in [9.17, 15) is 12.8 Å². The van der Waals surface area contributed by atoms with Gasteiger partial charge in [0.2, 0.25) is 10.0 Å². The topological polar surface area (TPSA) is 63.4 Å². The van der Waals surface area contributed by atoms with Crippen LogP contribution in [-0.4, -0.2) is 31.9 Å². The molecular formula is C14H21FN2O2S. The molecule has 0 radical (unpaired) electrons. The predicted molar refractivity (Wildman–Crippen MR) is 77.0 cm³/mol. The Kier molecular flexibility index (Phi) is 4.18. The highest BCUT2D eigenvalue weighted by Crippen LogP contribution is 2.30. The molecule has 1 fully saturated rings. The number of hydrogen-bond donors (Lipinski definition) is 1. The largest absolute Gasteiger partial charge is 0.327 e. The highest BCUT2D eigenvalue weighted by molar-refractivity contribution is 7.88. The second-order valence-corrected chi connectivity index (χ2v) is 8.07. The van der Waals surface area contributed by atoms with Crippen molar-refractivity contribution in [2.45, 2.75) is 32.1 Å². The maximum Gasteiger partial charge on any atom is 0.218 e. The first-order chi connectivity index (χ1) is 9.21. The summed E-state index contributed by atoms with van der Waals surface area (Å²) in [6, 6.07) is 5.59. The molecule has 1 aromatic carbocycles. The van der Waals surface area contributed by atoms with Crippen LogP contribution in [0.15, 0.2) is 24.3 Å². The summed E-state index contributed by atoms with van der Waals surface area (Å²) in [7, 11) is -3.39. The third-order valence-corrected chi connectivity index (χ3v) is 5.73. The fourth-order valence-corrected chi connectivity index (χ4v) is 4.15. The zero-order valence-corrected chi connectivity index (χ0v) is 12.7. The zero-order chi connectivity index (χ0) is 15.0. The fourth-order valence-electron chi connectivity index (χ4n) is 2.44. The number of nitrogens with two attached hydrogens (primary N) is 1. The van der Waals surface area contributed by atoms with E-state index in [1.807, 2.05) is 13.8 Å². The summed E-state index contributed by atoms with van der Waals surface area (Å²) in [5, 5.41) is 0. The molecule has 2 N–H and O–H groups in total. The lowest BCUT2D eigenvalue weighted by atomic mass is 9.81. The van der Waals surface area contributed by atoms with Crippen LogP contribution in [0.4, 0.5) is 4.39 Å². The molecular weight excluding hydrogens is 279 g/mol. The maximum absolute atomic E-state index is 12.8. The molecule has 1 heterocycles. The second-order valence-electron chi connectivity index (χ2n) is 6.10. The molecule has 1 aromatic rings. The van der Waals surface area contributed by atoms with Gasteiger partial charge in [-0.2, -0.15) is 0 Å². The van der Waals surface area contributed by atoms with Crippen LogP contribution >= 0.6 is 0 Å². The minimum atomic E-state index is -3.39. The van der Waals surface area contributed by atoms with Crippen molar-refractivity contribution in [1.29, 1.82) is 0 Å². The van der Waals surface area contributed by atoms with Gasteiger partial charge in [0.25, 0.3) is 0 Å². The lowest BCUT2D eigenvalue weighted by Crippen LogP contribution is -2.54. The van der Waals surface area contributed by atoms with Gasteiger partial charge in [-0.15, -0.1) is 0 Å². The molecule has 1 atom stereocenters. The number of sulfonamides is 1. The zero-order valence-electron chi connectivity index (χ0n) is 11.8. The molecule has 20 heavy (non-hydrogen) atoms. The maximum atomic E-state index is 12.8. The molecule has 4 nitrogen and oxygen atoms in total. The molecule has 0 saturated carbocycles. The lowest BCUT2D eigenvalue weighted by Gasteiger charge is -2.41. The Morgan fingerprint density at radius 3 is 2.50 bits per heavy atom. The number of rotatable bonds is 3. The fraction of sp³-hybridized carbons (Fsp3) is 0.571. The summed E-state index contributed by atoms with van der Waals surface area (Å²) in [6.45, 7) is 4.85. The number of piperidine rings is 1. The van der Waals surface area contributed by atoms with Gasteiger partial charge in [-0.3, -0.25) is 0 Å². The van der Waals surface area contributed by atoms with Crippen molar-refractivity contribution in [2.75, 3.05) is 13.1 Å². The molecule has 6 heteroatoms. The molecule has 2 rings (SSSR count). The smallest absolute Gasteiger partial charge is 0.218 e. The van der Waals surface area contributed by atoms with Gasteiger partial charge in [-0.05, 0) is 29.5 Å². The van der Waals surface area contributed by atoms with Gasteiger partial charge in [0.15, 0.2) is 0 Å². The first-order valence-corrected chi connectivity index (χ1v) is 8.29. The van der Waals surface area contributed by atoms with Crippen LogP contribution in [0.25, 0.3) is 0 Å². The van der Waals surface area contributed by atoms with Gasteiger partial charge in [0.05, 0.1) is 5.75 Å². The lowest BCUT2D eigenvalue weighted by molar-refractivity contribution is 0.155. The predicted octanol–water partition coefficient (Wildman–Crippen LogP) is 1.71. The molecule has 1 saturated heterocycles. The molecule has 0 bridgehead atoms. The highest BCUT2D eigenvalue weighted by atomic mass is 32.2. The minimum absolute atomic E-state index is 0.0137. The van der Waals surface area contributed by atoms with Gasteiger partial charge in [-0.1, -0.05) is 26.0 Å². The Bertz CT molecular complexity index is 569. The average Bonchev–Trinajstić information content (AvgIpc) is 2.35. The third kappa shape index (κ3) is 3.37. The monoisotopic (exact) mass is 300 g/mol.